The molecule has 0 radical (unpaired) electrons. The van der Waals surface area contributed by atoms with Crippen molar-refractivity contribution >= 4 is 39.5 Å². The number of unbranched alkanes of at least 4 members (excludes halogenated alkanes) is 63. The molecule has 118 heavy (non-hydrogen) atoms. The smallest absolute Gasteiger partial charge is 0.462 e. The molecule has 0 amide bonds. The molecule has 0 aliphatic rings. The average molecular weight is 1720 g/mol. The van der Waals surface area contributed by atoms with Crippen LogP contribution in [0.15, 0.2) is 0 Å². The Labute approximate surface area is 728 Å². The molecule has 0 aliphatic carbocycles. The van der Waals surface area contributed by atoms with Crippen LogP contribution >= 0.6 is 15.6 Å². The zero-order chi connectivity index (χ0) is 86.4. The van der Waals surface area contributed by atoms with E-state index in [0.717, 1.165) is 108 Å². The average Bonchev–Trinajstić information content (AvgIpc) is 0.896. The SMILES string of the molecule is CCCCCCCCCCCCCCCCCCCCCCCCC(=O)O[C@H](COC(=O)CCCCCCCCCCCC(C)C)COP(=O)(O)OC[C@H](O)COP(=O)(O)OC[C@@H](COC(=O)CCCCCCCCCCCCCCCCCCCCC(C)CC)OC(=O)CCCCCCCCCCCCCCCCCCCCC(C)CC. The Balaban J connectivity index is 5.23. The fraction of sp³-hybridized carbons (Fsp3) is 0.960. The highest BCUT2D eigenvalue weighted by molar-refractivity contribution is 7.47. The molecule has 0 fully saturated rings. The number of carbonyl (C=O) groups excluding carboxylic acids is 4. The maximum atomic E-state index is 13.2. The van der Waals surface area contributed by atoms with E-state index in [1.54, 1.807) is 0 Å². The van der Waals surface area contributed by atoms with Gasteiger partial charge in [0.15, 0.2) is 12.2 Å². The van der Waals surface area contributed by atoms with Crippen LogP contribution in [0.5, 0.6) is 0 Å². The van der Waals surface area contributed by atoms with E-state index in [-0.39, 0.29) is 25.7 Å². The third-order valence-electron chi connectivity index (χ3n) is 24.1. The minimum Gasteiger partial charge on any atom is -0.462 e. The molecule has 0 aromatic heterocycles. The Hall–Kier alpha value is -1.94. The van der Waals surface area contributed by atoms with Crippen molar-refractivity contribution in [3.63, 3.8) is 0 Å². The first-order valence-corrected chi connectivity index (χ1v) is 53.9. The van der Waals surface area contributed by atoms with E-state index in [0.29, 0.717) is 25.7 Å². The number of hydrogen-bond donors (Lipinski definition) is 3. The zero-order valence-electron chi connectivity index (χ0n) is 78.4. The molecule has 4 unspecified atom stereocenters. The van der Waals surface area contributed by atoms with Gasteiger partial charge in [-0.3, -0.25) is 37.3 Å². The summed E-state index contributed by atoms with van der Waals surface area (Å²) < 4.78 is 69.3. The van der Waals surface area contributed by atoms with Gasteiger partial charge in [-0.2, -0.15) is 0 Å². The van der Waals surface area contributed by atoms with E-state index < -0.39 is 97.5 Å². The number of esters is 4. The van der Waals surface area contributed by atoms with Crippen molar-refractivity contribution in [2.45, 2.75) is 555 Å². The molecular weight excluding hydrogens is 1520 g/mol. The summed E-state index contributed by atoms with van der Waals surface area (Å²) in [6.07, 6.45) is 84.9. The summed E-state index contributed by atoms with van der Waals surface area (Å²) in [5, 5.41) is 10.7. The lowest BCUT2D eigenvalue weighted by Crippen LogP contribution is -2.30. The van der Waals surface area contributed by atoms with Crippen LogP contribution in [-0.2, 0) is 65.4 Å². The minimum atomic E-state index is -4.98. The quantitative estimate of drug-likeness (QED) is 0.0222. The third-order valence-corrected chi connectivity index (χ3v) is 26.0. The first-order chi connectivity index (χ1) is 57.3. The second-order valence-corrected chi connectivity index (χ2v) is 39.4. The van der Waals surface area contributed by atoms with E-state index in [1.165, 1.54) is 347 Å². The van der Waals surface area contributed by atoms with Crippen molar-refractivity contribution in [3.05, 3.63) is 0 Å². The lowest BCUT2D eigenvalue weighted by atomic mass is 9.99. The van der Waals surface area contributed by atoms with Gasteiger partial charge in [0.05, 0.1) is 26.4 Å². The van der Waals surface area contributed by atoms with Gasteiger partial charge < -0.3 is 33.8 Å². The Kier molecular flexibility index (Phi) is 87.0. The van der Waals surface area contributed by atoms with Crippen LogP contribution in [0.1, 0.15) is 536 Å². The van der Waals surface area contributed by atoms with E-state index in [9.17, 15) is 43.2 Å². The normalized spacial score (nSPS) is 14.1. The van der Waals surface area contributed by atoms with E-state index in [4.69, 9.17) is 37.0 Å². The van der Waals surface area contributed by atoms with Crippen molar-refractivity contribution < 1.29 is 80.2 Å². The number of aliphatic hydroxyl groups is 1. The number of aliphatic hydroxyl groups excluding tert-OH is 1. The van der Waals surface area contributed by atoms with Gasteiger partial charge in [-0.15, -0.1) is 0 Å². The molecule has 0 saturated heterocycles. The van der Waals surface area contributed by atoms with Crippen LogP contribution in [0.2, 0.25) is 0 Å². The maximum absolute atomic E-state index is 13.2. The monoisotopic (exact) mass is 1720 g/mol. The van der Waals surface area contributed by atoms with Crippen LogP contribution in [0, 0.1) is 17.8 Å². The van der Waals surface area contributed by atoms with Gasteiger partial charge in [0.25, 0.3) is 0 Å². The first kappa shape index (κ1) is 116. The zero-order valence-corrected chi connectivity index (χ0v) is 80.2. The summed E-state index contributed by atoms with van der Waals surface area (Å²) in [4.78, 5) is 73.7. The summed E-state index contributed by atoms with van der Waals surface area (Å²) >= 11 is 0. The van der Waals surface area contributed by atoms with Gasteiger partial charge in [0, 0.05) is 25.7 Å². The van der Waals surface area contributed by atoms with Gasteiger partial charge in [-0.25, -0.2) is 9.13 Å². The largest absolute Gasteiger partial charge is 0.472 e. The highest BCUT2D eigenvalue weighted by atomic mass is 31.2. The molecular formula is C99H194O17P2. The highest BCUT2D eigenvalue weighted by Crippen LogP contribution is 2.45. The Morgan fingerprint density at radius 1 is 0.246 bits per heavy atom. The molecule has 0 heterocycles. The molecule has 3 N–H and O–H groups in total. The van der Waals surface area contributed by atoms with Crippen molar-refractivity contribution in [1.82, 2.24) is 0 Å². The highest BCUT2D eigenvalue weighted by Gasteiger charge is 2.31. The molecule has 7 atom stereocenters. The number of carbonyl (C=O) groups is 4. The fourth-order valence-corrected chi connectivity index (χ4v) is 17.2. The number of rotatable bonds is 97. The number of phosphoric acid groups is 2. The maximum Gasteiger partial charge on any atom is 0.472 e. The Morgan fingerprint density at radius 3 is 0.644 bits per heavy atom. The lowest BCUT2D eigenvalue weighted by molar-refractivity contribution is -0.161. The van der Waals surface area contributed by atoms with Crippen molar-refractivity contribution in [3.8, 4) is 0 Å². The number of ether oxygens (including phenoxy) is 4. The molecule has 702 valence electrons. The van der Waals surface area contributed by atoms with E-state index in [2.05, 4.69) is 48.5 Å². The molecule has 0 rings (SSSR count). The van der Waals surface area contributed by atoms with Gasteiger partial charge >= 0.3 is 39.5 Å². The van der Waals surface area contributed by atoms with Crippen molar-refractivity contribution in [2.24, 2.45) is 17.8 Å². The first-order valence-electron chi connectivity index (χ1n) is 50.9. The van der Waals surface area contributed by atoms with E-state index >= 15 is 0 Å². The molecule has 0 bridgehead atoms. The predicted molar refractivity (Wildman–Crippen MR) is 492 cm³/mol. The van der Waals surface area contributed by atoms with Crippen LogP contribution < -0.4 is 0 Å². The summed E-state index contributed by atoms with van der Waals surface area (Å²) in [6.45, 7) is 12.2. The van der Waals surface area contributed by atoms with Crippen LogP contribution in [0.4, 0.5) is 0 Å². The molecule has 17 nitrogen and oxygen atoms in total. The number of hydrogen-bond acceptors (Lipinski definition) is 15. The minimum absolute atomic E-state index is 0.109. The second kappa shape index (κ2) is 88.5. The summed E-state index contributed by atoms with van der Waals surface area (Å²) in [6, 6.07) is 0. The van der Waals surface area contributed by atoms with Crippen molar-refractivity contribution in [2.75, 3.05) is 39.6 Å². The molecule has 0 aromatic rings. The molecule has 19 heteroatoms. The standard InChI is InChI=1S/C99H194O17P2/c1-8-11-12-13-14-15-16-17-18-19-20-21-22-23-31-36-41-46-53-61-68-75-83-99(104)116-95(87-110-97(102)81-74-67-60-55-48-49-56-63-70-77-90(4)5)89-114-118(107,108)112-85-93(100)84-111-117(105,106)113-88-94(115-98(103)82-76-69-62-54-47-42-37-32-27-25-29-34-39-44-51-58-65-72-79-92(7)10-3)86-109-96(101)80-73-66-59-52-45-40-35-30-26-24-28-33-38-43-50-57-64-71-78-91(6)9-2/h90-95,100H,8-89H2,1-7H3,(H,105,106)(H,107,108)/t91?,92?,93-,94-,95-/m1/s1. The number of phosphoric ester groups is 2. The predicted octanol–water partition coefficient (Wildman–Crippen LogP) is 31.2. The van der Waals surface area contributed by atoms with Crippen molar-refractivity contribution in [1.29, 1.82) is 0 Å². The Bertz CT molecular complexity index is 2260. The summed E-state index contributed by atoms with van der Waals surface area (Å²) in [7, 11) is -9.95. The Morgan fingerprint density at radius 2 is 0.432 bits per heavy atom. The van der Waals surface area contributed by atoms with Gasteiger partial charge in [-0.1, -0.05) is 485 Å². The van der Waals surface area contributed by atoms with Gasteiger partial charge in [0.2, 0.25) is 0 Å². The molecule has 0 aliphatic heterocycles. The van der Waals surface area contributed by atoms with Crippen LogP contribution in [0.3, 0.4) is 0 Å². The topological polar surface area (TPSA) is 237 Å². The fourth-order valence-electron chi connectivity index (χ4n) is 15.6. The molecule has 0 spiro atoms. The van der Waals surface area contributed by atoms with E-state index in [1.807, 2.05) is 0 Å². The van der Waals surface area contributed by atoms with Crippen LogP contribution in [0.25, 0.3) is 0 Å². The van der Waals surface area contributed by atoms with Gasteiger partial charge in [-0.05, 0) is 43.4 Å². The van der Waals surface area contributed by atoms with Gasteiger partial charge in [0.1, 0.15) is 19.3 Å². The second-order valence-electron chi connectivity index (χ2n) is 36.5. The molecule has 0 saturated carbocycles. The molecule has 0 aromatic carbocycles. The summed E-state index contributed by atoms with van der Waals surface area (Å²) in [5.41, 5.74) is 0. The lowest BCUT2D eigenvalue weighted by Gasteiger charge is -2.21. The summed E-state index contributed by atoms with van der Waals surface area (Å²) in [5.74, 6) is 0.398. The van der Waals surface area contributed by atoms with Crippen LogP contribution in [-0.4, -0.2) is 96.7 Å². The third kappa shape index (κ3) is 88.9.